The smallest absolute Gasteiger partial charge is 0.310 e. The lowest BCUT2D eigenvalue weighted by atomic mass is 9.94. The molecule has 1 N–H and O–H groups in total. The predicted octanol–water partition coefficient (Wildman–Crippen LogP) is 2.66. The molecule has 1 atom stereocenters. The molecule has 0 aliphatic rings. The number of benzene rings is 1. The van der Waals surface area contributed by atoms with Gasteiger partial charge in [0.15, 0.2) is 0 Å². The second kappa shape index (κ2) is 5.39. The molecule has 0 fully saturated rings. The van der Waals surface area contributed by atoms with E-state index < -0.39 is 11.9 Å². The Bertz CT molecular complexity index is 333. The van der Waals surface area contributed by atoms with Crippen molar-refractivity contribution in [2.45, 2.75) is 25.7 Å². The molecule has 1 aromatic rings. The fourth-order valence-electron chi connectivity index (χ4n) is 1.58. The average Bonchev–Trinajstić information content (AvgIpc) is 2.25. The summed E-state index contributed by atoms with van der Waals surface area (Å²) in [5, 5.41) is 9.08. The summed E-state index contributed by atoms with van der Waals surface area (Å²) in [5.41, 5.74) is 0.809. The molecule has 0 bridgehead atoms. The molecule has 0 spiro atoms. The molecule has 0 radical (unpaired) electrons. The molecule has 3 heteroatoms. The molecular formula is C12H16O3. The largest absolute Gasteiger partial charge is 0.497 e. The molecule has 0 saturated heterocycles. The van der Waals surface area contributed by atoms with E-state index in [1.54, 1.807) is 13.2 Å². The van der Waals surface area contributed by atoms with Crippen molar-refractivity contribution in [3.8, 4) is 5.75 Å². The Kier molecular flexibility index (Phi) is 4.16. The highest BCUT2D eigenvalue weighted by Crippen LogP contribution is 2.24. The minimum Gasteiger partial charge on any atom is -0.497 e. The number of carboxylic acids is 1. The Morgan fingerprint density at radius 2 is 2.27 bits per heavy atom. The average molecular weight is 208 g/mol. The van der Waals surface area contributed by atoms with Gasteiger partial charge in [-0.3, -0.25) is 4.79 Å². The zero-order valence-electron chi connectivity index (χ0n) is 9.06. The second-order valence-electron chi connectivity index (χ2n) is 3.46. The Labute approximate surface area is 89.7 Å². The monoisotopic (exact) mass is 208 g/mol. The lowest BCUT2D eigenvalue weighted by Crippen LogP contribution is -2.11. The van der Waals surface area contributed by atoms with Crippen LogP contribution in [0.3, 0.4) is 0 Å². The van der Waals surface area contributed by atoms with Crippen LogP contribution in [0.5, 0.6) is 5.75 Å². The molecule has 1 aromatic carbocycles. The highest BCUT2D eigenvalue weighted by atomic mass is 16.5. The molecule has 0 heterocycles. The lowest BCUT2D eigenvalue weighted by Gasteiger charge is -2.12. The lowest BCUT2D eigenvalue weighted by molar-refractivity contribution is -0.139. The van der Waals surface area contributed by atoms with Crippen LogP contribution in [-0.2, 0) is 4.79 Å². The molecular weight excluding hydrogens is 192 g/mol. The van der Waals surface area contributed by atoms with Gasteiger partial charge in [-0.05, 0) is 24.1 Å². The van der Waals surface area contributed by atoms with Gasteiger partial charge in [0.2, 0.25) is 0 Å². The SMILES string of the molecule is CCCC(C(=O)O)c1cccc(OC)c1. The van der Waals surface area contributed by atoms with Crippen LogP contribution in [-0.4, -0.2) is 18.2 Å². The molecule has 82 valence electrons. The maximum absolute atomic E-state index is 11.0. The number of carboxylic acid groups (broad SMARTS) is 1. The normalized spacial score (nSPS) is 12.1. The fraction of sp³-hybridized carbons (Fsp3) is 0.417. The number of carbonyl (C=O) groups is 1. The highest BCUT2D eigenvalue weighted by molar-refractivity contribution is 5.76. The van der Waals surface area contributed by atoms with Gasteiger partial charge >= 0.3 is 5.97 Å². The van der Waals surface area contributed by atoms with Crippen LogP contribution in [0.15, 0.2) is 24.3 Å². The molecule has 1 rings (SSSR count). The number of ether oxygens (including phenoxy) is 1. The van der Waals surface area contributed by atoms with E-state index in [0.717, 1.165) is 12.0 Å². The first-order chi connectivity index (χ1) is 7.19. The molecule has 0 amide bonds. The zero-order chi connectivity index (χ0) is 11.3. The Morgan fingerprint density at radius 3 is 2.80 bits per heavy atom. The summed E-state index contributed by atoms with van der Waals surface area (Å²) in [5.74, 6) is -0.495. The third kappa shape index (κ3) is 2.98. The highest BCUT2D eigenvalue weighted by Gasteiger charge is 2.18. The summed E-state index contributed by atoms with van der Waals surface area (Å²) < 4.78 is 5.07. The minimum absolute atomic E-state index is 0.426. The van der Waals surface area contributed by atoms with E-state index in [9.17, 15) is 4.79 Å². The van der Waals surface area contributed by atoms with Gasteiger partial charge < -0.3 is 9.84 Å². The van der Waals surface area contributed by atoms with E-state index in [2.05, 4.69) is 0 Å². The molecule has 0 aliphatic heterocycles. The molecule has 3 nitrogen and oxygen atoms in total. The maximum Gasteiger partial charge on any atom is 0.310 e. The zero-order valence-corrected chi connectivity index (χ0v) is 9.06. The first kappa shape index (κ1) is 11.6. The van der Waals surface area contributed by atoms with Crippen molar-refractivity contribution < 1.29 is 14.6 Å². The van der Waals surface area contributed by atoms with E-state index >= 15 is 0 Å². The molecule has 0 saturated carbocycles. The van der Waals surface area contributed by atoms with Crippen LogP contribution in [0, 0.1) is 0 Å². The standard InChI is InChI=1S/C12H16O3/c1-3-5-11(12(13)14)9-6-4-7-10(8-9)15-2/h4,6-8,11H,3,5H2,1-2H3,(H,13,14). The molecule has 15 heavy (non-hydrogen) atoms. The van der Waals surface area contributed by atoms with Crippen molar-refractivity contribution in [3.63, 3.8) is 0 Å². The fourth-order valence-corrected chi connectivity index (χ4v) is 1.58. The summed E-state index contributed by atoms with van der Waals surface area (Å²) in [4.78, 5) is 11.0. The quantitative estimate of drug-likeness (QED) is 0.809. The van der Waals surface area contributed by atoms with E-state index in [1.807, 2.05) is 25.1 Å². The van der Waals surface area contributed by atoms with Gasteiger partial charge in [0.1, 0.15) is 5.75 Å². The van der Waals surface area contributed by atoms with E-state index in [0.29, 0.717) is 12.2 Å². The minimum atomic E-state index is -0.773. The summed E-state index contributed by atoms with van der Waals surface area (Å²) in [6, 6.07) is 7.25. The predicted molar refractivity (Wildman–Crippen MR) is 58.3 cm³/mol. The van der Waals surface area contributed by atoms with Gasteiger partial charge in [-0.2, -0.15) is 0 Å². The number of rotatable bonds is 5. The van der Waals surface area contributed by atoms with E-state index in [4.69, 9.17) is 9.84 Å². The Hall–Kier alpha value is -1.51. The van der Waals surface area contributed by atoms with Gasteiger partial charge in [-0.15, -0.1) is 0 Å². The van der Waals surface area contributed by atoms with Crippen molar-refractivity contribution in [2.24, 2.45) is 0 Å². The third-order valence-electron chi connectivity index (χ3n) is 2.37. The Morgan fingerprint density at radius 1 is 1.53 bits per heavy atom. The first-order valence-electron chi connectivity index (χ1n) is 5.05. The van der Waals surface area contributed by atoms with Gasteiger partial charge in [0.05, 0.1) is 13.0 Å². The topological polar surface area (TPSA) is 46.5 Å². The van der Waals surface area contributed by atoms with Crippen molar-refractivity contribution in [3.05, 3.63) is 29.8 Å². The van der Waals surface area contributed by atoms with Gasteiger partial charge in [0.25, 0.3) is 0 Å². The Balaban J connectivity index is 2.94. The first-order valence-corrected chi connectivity index (χ1v) is 5.05. The van der Waals surface area contributed by atoms with Crippen LogP contribution in [0.2, 0.25) is 0 Å². The van der Waals surface area contributed by atoms with Gasteiger partial charge in [0, 0.05) is 0 Å². The molecule has 0 aliphatic carbocycles. The van der Waals surface area contributed by atoms with Crippen molar-refractivity contribution in [1.29, 1.82) is 0 Å². The van der Waals surface area contributed by atoms with E-state index in [-0.39, 0.29) is 0 Å². The van der Waals surface area contributed by atoms with Crippen LogP contribution < -0.4 is 4.74 Å². The second-order valence-corrected chi connectivity index (χ2v) is 3.46. The number of aliphatic carboxylic acids is 1. The van der Waals surface area contributed by atoms with Crippen molar-refractivity contribution >= 4 is 5.97 Å². The maximum atomic E-state index is 11.0. The van der Waals surface area contributed by atoms with Crippen LogP contribution in [0.1, 0.15) is 31.2 Å². The van der Waals surface area contributed by atoms with Crippen molar-refractivity contribution in [1.82, 2.24) is 0 Å². The molecule has 0 aromatic heterocycles. The van der Waals surface area contributed by atoms with Crippen LogP contribution in [0.4, 0.5) is 0 Å². The summed E-state index contributed by atoms with van der Waals surface area (Å²) in [6.07, 6.45) is 1.51. The number of methoxy groups -OCH3 is 1. The summed E-state index contributed by atoms with van der Waals surface area (Å²) >= 11 is 0. The molecule has 1 unspecified atom stereocenters. The number of hydrogen-bond acceptors (Lipinski definition) is 2. The summed E-state index contributed by atoms with van der Waals surface area (Å²) in [7, 11) is 1.58. The third-order valence-corrected chi connectivity index (χ3v) is 2.37. The van der Waals surface area contributed by atoms with Gasteiger partial charge in [-0.25, -0.2) is 0 Å². The van der Waals surface area contributed by atoms with Crippen LogP contribution >= 0.6 is 0 Å². The van der Waals surface area contributed by atoms with Gasteiger partial charge in [-0.1, -0.05) is 25.5 Å². The summed E-state index contributed by atoms with van der Waals surface area (Å²) in [6.45, 7) is 1.98. The van der Waals surface area contributed by atoms with Crippen molar-refractivity contribution in [2.75, 3.05) is 7.11 Å². The van der Waals surface area contributed by atoms with E-state index in [1.165, 1.54) is 0 Å². The number of hydrogen-bond donors (Lipinski definition) is 1. The van der Waals surface area contributed by atoms with Crippen LogP contribution in [0.25, 0.3) is 0 Å².